The third-order valence-corrected chi connectivity index (χ3v) is 6.74. The van der Waals surface area contributed by atoms with Gasteiger partial charge >= 0.3 is 0 Å². The Labute approximate surface area is 177 Å². The maximum absolute atomic E-state index is 12.3. The second kappa shape index (κ2) is 10.8. The van der Waals surface area contributed by atoms with Gasteiger partial charge in [-0.15, -0.1) is 24.0 Å². The van der Waals surface area contributed by atoms with E-state index in [1.807, 2.05) is 20.8 Å². The molecule has 3 unspecified atom stereocenters. The lowest BCUT2D eigenvalue weighted by Crippen LogP contribution is -2.48. The molecule has 0 aliphatic heterocycles. The molecule has 0 heterocycles. The Bertz CT molecular complexity index is 518. The predicted molar refractivity (Wildman–Crippen MR) is 120 cm³/mol. The topological polar surface area (TPSA) is 82.6 Å². The molecule has 2 aliphatic carbocycles. The molecule has 0 spiro atoms. The number of hydrogen-bond donors (Lipinski definition) is 3. The summed E-state index contributed by atoms with van der Waals surface area (Å²) >= 11 is 0. The van der Waals surface area contributed by atoms with Crippen LogP contribution in [0.5, 0.6) is 0 Å². The molecule has 2 fully saturated rings. The molecular weight excluding hydrogens is 463 g/mol. The summed E-state index contributed by atoms with van der Waals surface area (Å²) in [5, 5.41) is 9.81. The molecule has 2 aliphatic rings. The zero-order valence-electron chi connectivity index (χ0n) is 16.5. The van der Waals surface area contributed by atoms with Gasteiger partial charge in [0.05, 0.1) is 0 Å². The fraction of sp³-hybridized carbons (Fsp3) is 0.889. The molecule has 0 saturated heterocycles. The van der Waals surface area contributed by atoms with Crippen LogP contribution in [0.15, 0.2) is 4.99 Å². The Balaban J connectivity index is 0.00000338. The summed E-state index contributed by atoms with van der Waals surface area (Å²) < 4.78 is 11.9. The van der Waals surface area contributed by atoms with Crippen molar-refractivity contribution in [2.75, 3.05) is 19.3 Å². The van der Waals surface area contributed by atoms with Gasteiger partial charge < -0.3 is 16.0 Å². The van der Waals surface area contributed by atoms with Crippen molar-refractivity contribution >= 4 is 46.6 Å². The van der Waals surface area contributed by atoms with Crippen LogP contribution in [-0.2, 0) is 15.6 Å². The van der Waals surface area contributed by atoms with Crippen molar-refractivity contribution in [3.63, 3.8) is 0 Å². The van der Waals surface area contributed by atoms with E-state index in [9.17, 15) is 9.00 Å². The van der Waals surface area contributed by atoms with E-state index in [0.29, 0.717) is 18.3 Å². The molecule has 8 heteroatoms. The molecule has 0 radical (unpaired) electrons. The minimum absolute atomic E-state index is 0. The number of amides is 1. The highest BCUT2D eigenvalue weighted by molar-refractivity contribution is 14.0. The molecule has 2 saturated carbocycles. The number of nitrogens with zero attached hydrogens (tertiary/aromatic N) is 1. The van der Waals surface area contributed by atoms with Crippen LogP contribution in [0.1, 0.15) is 59.3 Å². The Morgan fingerprint density at radius 1 is 1.12 bits per heavy atom. The molecule has 0 aromatic carbocycles. The van der Waals surface area contributed by atoms with Crippen molar-refractivity contribution in [1.82, 2.24) is 16.0 Å². The Kier molecular flexibility index (Phi) is 9.85. The summed E-state index contributed by atoms with van der Waals surface area (Å²) in [6.45, 7) is 6.60. The number of hydrogen-bond acceptors (Lipinski definition) is 3. The minimum Gasteiger partial charge on any atom is -0.355 e. The van der Waals surface area contributed by atoms with E-state index in [2.05, 4.69) is 20.9 Å². The van der Waals surface area contributed by atoms with Gasteiger partial charge in [0.25, 0.3) is 0 Å². The van der Waals surface area contributed by atoms with Gasteiger partial charge in [0.1, 0.15) is 0 Å². The van der Waals surface area contributed by atoms with E-state index in [4.69, 9.17) is 0 Å². The third kappa shape index (κ3) is 8.10. The molecule has 3 N–H and O–H groups in total. The van der Waals surface area contributed by atoms with E-state index in [1.54, 1.807) is 7.05 Å². The normalized spacial score (nSPS) is 25.0. The lowest BCUT2D eigenvalue weighted by Gasteiger charge is -2.30. The first-order valence-electron chi connectivity index (χ1n) is 9.45. The molecule has 0 aromatic rings. The van der Waals surface area contributed by atoms with Gasteiger partial charge in [-0.2, -0.15) is 0 Å². The SMILES string of the molecule is CN=C(NCCS(=O)C(C)(C)C)NC1CCCC(C(=O)NC2CC2)C1.I. The number of aliphatic imine (C=N–C) groups is 1. The first-order chi connectivity index (χ1) is 11.8. The average Bonchev–Trinajstić information content (AvgIpc) is 3.37. The van der Waals surface area contributed by atoms with Crippen LogP contribution in [0.4, 0.5) is 0 Å². The molecule has 152 valence electrons. The highest BCUT2D eigenvalue weighted by Crippen LogP contribution is 2.26. The van der Waals surface area contributed by atoms with Gasteiger partial charge in [-0.25, -0.2) is 0 Å². The van der Waals surface area contributed by atoms with Crippen molar-refractivity contribution in [3.8, 4) is 0 Å². The van der Waals surface area contributed by atoms with Crippen molar-refractivity contribution in [2.45, 2.75) is 76.1 Å². The number of carbonyl (C=O) groups excluding carboxylic acids is 1. The lowest BCUT2D eigenvalue weighted by atomic mass is 9.85. The predicted octanol–water partition coefficient (Wildman–Crippen LogP) is 2.15. The van der Waals surface area contributed by atoms with E-state index in [-0.39, 0.29) is 46.6 Å². The van der Waals surface area contributed by atoms with E-state index < -0.39 is 10.8 Å². The highest BCUT2D eigenvalue weighted by atomic mass is 127. The zero-order valence-corrected chi connectivity index (χ0v) is 19.6. The van der Waals surface area contributed by atoms with Gasteiger partial charge in [0.2, 0.25) is 5.91 Å². The van der Waals surface area contributed by atoms with Crippen LogP contribution >= 0.6 is 24.0 Å². The number of rotatable bonds is 6. The summed E-state index contributed by atoms with van der Waals surface area (Å²) in [7, 11) is 0.874. The third-order valence-electron chi connectivity index (χ3n) is 4.80. The van der Waals surface area contributed by atoms with Crippen molar-refractivity contribution in [2.24, 2.45) is 10.9 Å². The average molecular weight is 498 g/mol. The summed E-state index contributed by atoms with van der Waals surface area (Å²) in [6.07, 6.45) is 6.22. The Morgan fingerprint density at radius 3 is 2.38 bits per heavy atom. The summed E-state index contributed by atoms with van der Waals surface area (Å²) in [6, 6.07) is 0.696. The number of halogens is 1. The van der Waals surface area contributed by atoms with Gasteiger partial charge in [-0.3, -0.25) is 14.0 Å². The monoisotopic (exact) mass is 498 g/mol. The van der Waals surface area contributed by atoms with Gasteiger partial charge in [-0.05, 0) is 52.9 Å². The molecular formula is C18H35IN4O2S. The largest absolute Gasteiger partial charge is 0.355 e. The van der Waals surface area contributed by atoms with Gasteiger partial charge in [0, 0.05) is 52.9 Å². The standard InChI is InChI=1S/C18H34N4O2S.HI/c1-18(2,3)25(24)11-10-20-17(19-4)22-15-7-5-6-13(12-15)16(23)21-14-8-9-14;/h13-15H,5-12H2,1-4H3,(H,21,23)(H2,19,20,22);1H. The number of nitrogens with one attached hydrogen (secondary N) is 3. The first-order valence-corrected chi connectivity index (χ1v) is 10.8. The maximum atomic E-state index is 12.3. The number of carbonyl (C=O) groups is 1. The minimum atomic E-state index is -0.872. The van der Waals surface area contributed by atoms with E-state index >= 15 is 0 Å². The van der Waals surface area contributed by atoms with Gasteiger partial charge in [0.15, 0.2) is 5.96 Å². The molecule has 26 heavy (non-hydrogen) atoms. The Hall–Kier alpha value is -0.380. The second-order valence-electron chi connectivity index (χ2n) is 8.15. The molecule has 6 nitrogen and oxygen atoms in total. The van der Waals surface area contributed by atoms with Crippen molar-refractivity contribution in [3.05, 3.63) is 0 Å². The molecule has 3 atom stereocenters. The van der Waals surface area contributed by atoms with Crippen LogP contribution in [0.25, 0.3) is 0 Å². The zero-order chi connectivity index (χ0) is 18.4. The van der Waals surface area contributed by atoms with Crippen LogP contribution in [-0.4, -0.2) is 52.3 Å². The van der Waals surface area contributed by atoms with Crippen LogP contribution < -0.4 is 16.0 Å². The fourth-order valence-electron chi connectivity index (χ4n) is 3.06. The molecule has 0 aromatic heterocycles. The smallest absolute Gasteiger partial charge is 0.223 e. The maximum Gasteiger partial charge on any atom is 0.223 e. The quantitative estimate of drug-likeness (QED) is 0.298. The lowest BCUT2D eigenvalue weighted by molar-refractivity contribution is -0.126. The summed E-state index contributed by atoms with van der Waals surface area (Å²) in [5.74, 6) is 1.66. The first kappa shape index (κ1) is 23.7. The molecule has 2 rings (SSSR count). The van der Waals surface area contributed by atoms with Crippen molar-refractivity contribution in [1.29, 1.82) is 0 Å². The molecule has 1 amide bonds. The van der Waals surface area contributed by atoms with E-state index in [1.165, 1.54) is 0 Å². The van der Waals surface area contributed by atoms with E-state index in [0.717, 1.165) is 44.5 Å². The van der Waals surface area contributed by atoms with Crippen LogP contribution in [0, 0.1) is 5.92 Å². The summed E-state index contributed by atoms with van der Waals surface area (Å²) in [5.41, 5.74) is 0. The van der Waals surface area contributed by atoms with Crippen molar-refractivity contribution < 1.29 is 9.00 Å². The highest BCUT2D eigenvalue weighted by Gasteiger charge is 2.31. The number of guanidine groups is 1. The Morgan fingerprint density at radius 2 is 1.81 bits per heavy atom. The van der Waals surface area contributed by atoms with Crippen LogP contribution in [0.2, 0.25) is 0 Å². The summed E-state index contributed by atoms with van der Waals surface area (Å²) in [4.78, 5) is 16.5. The molecule has 0 bridgehead atoms. The van der Waals surface area contributed by atoms with Crippen LogP contribution in [0.3, 0.4) is 0 Å². The van der Waals surface area contributed by atoms with Gasteiger partial charge in [-0.1, -0.05) is 6.42 Å². The fourth-order valence-corrected chi connectivity index (χ4v) is 3.96. The second-order valence-corrected chi connectivity index (χ2v) is 10.5.